The van der Waals surface area contributed by atoms with Crippen molar-refractivity contribution in [3.8, 4) is 0 Å². The number of likely N-dealkylation sites (N-methyl/N-ethyl adjacent to an activating group) is 2. The lowest BCUT2D eigenvalue weighted by Gasteiger charge is -2.36. The maximum absolute atomic E-state index is 5.34. The first kappa shape index (κ1) is 22.3. The van der Waals surface area contributed by atoms with E-state index in [1.54, 1.807) is 0 Å². The fourth-order valence-electron chi connectivity index (χ4n) is 4.82. The Morgan fingerprint density at radius 3 is 2.25 bits per heavy atom. The van der Waals surface area contributed by atoms with Gasteiger partial charge < -0.3 is 9.80 Å². The molecule has 4 rings (SSSR count). The summed E-state index contributed by atoms with van der Waals surface area (Å²) in [7, 11) is 10.7. The number of rotatable bonds is 3. The Morgan fingerprint density at radius 1 is 1.03 bits per heavy atom. The summed E-state index contributed by atoms with van der Waals surface area (Å²) in [4.78, 5) is 12.0. The number of fused-ring (bicyclic) bond motifs is 2. The Morgan fingerprint density at radius 2 is 1.69 bits per heavy atom. The summed E-state index contributed by atoms with van der Waals surface area (Å²) in [5, 5.41) is 2.88. The molecule has 2 aromatic rings. The summed E-state index contributed by atoms with van der Waals surface area (Å²) in [6.45, 7) is 11.1. The predicted octanol–water partition coefficient (Wildman–Crippen LogP) is 2.38. The molecule has 168 valence electrons. The molecule has 0 N–H and O–H groups in total. The summed E-state index contributed by atoms with van der Waals surface area (Å²) in [5.41, 5.74) is 7.21. The van der Waals surface area contributed by atoms with Crippen LogP contribution in [0.4, 0.5) is 11.4 Å². The van der Waals surface area contributed by atoms with Gasteiger partial charge in [0.1, 0.15) is 8.07 Å². The molecule has 2 aromatic carbocycles. The van der Waals surface area contributed by atoms with Crippen LogP contribution in [-0.4, -0.2) is 84.6 Å². The van der Waals surface area contributed by atoms with Crippen molar-refractivity contribution in [1.29, 1.82) is 0 Å². The van der Waals surface area contributed by atoms with E-state index in [9.17, 15) is 0 Å². The van der Waals surface area contributed by atoms with Crippen LogP contribution in [0.5, 0.6) is 0 Å². The second kappa shape index (κ2) is 7.92. The molecule has 2 heterocycles. The number of benzene rings is 2. The highest BCUT2D eigenvalue weighted by Crippen LogP contribution is 2.29. The van der Waals surface area contributed by atoms with Gasteiger partial charge in [-0.3, -0.25) is 9.48 Å². The van der Waals surface area contributed by atoms with Crippen molar-refractivity contribution in [1.82, 2.24) is 4.90 Å². The first-order valence-electron chi connectivity index (χ1n) is 11.2. The molecular weight excluding hydrogens is 410 g/mol. The lowest BCUT2D eigenvalue weighted by molar-refractivity contribution is -0.487. The molecule has 2 aliphatic heterocycles. The maximum atomic E-state index is 5.34. The van der Waals surface area contributed by atoms with E-state index < -0.39 is 8.07 Å². The van der Waals surface area contributed by atoms with Gasteiger partial charge in [-0.1, -0.05) is 30.7 Å². The Bertz CT molecular complexity index is 1160. The SMILES string of the molecule is C=Cc1cc(N(C)C)cc2c1/C(=N/C1=[N+](C)CCN1C)c1ccc(N(C)C)cc1[Si]2(C)C. The van der Waals surface area contributed by atoms with Crippen LogP contribution in [0, 0.1) is 0 Å². The lowest BCUT2D eigenvalue weighted by Crippen LogP contribution is -2.60. The third-order valence-corrected chi connectivity index (χ3v) is 10.4. The van der Waals surface area contributed by atoms with E-state index in [0.717, 1.165) is 30.3 Å². The highest BCUT2D eigenvalue weighted by molar-refractivity contribution is 7.02. The van der Waals surface area contributed by atoms with Gasteiger partial charge in [0.15, 0.2) is 5.71 Å². The van der Waals surface area contributed by atoms with E-state index in [2.05, 4.69) is 112 Å². The predicted molar refractivity (Wildman–Crippen MR) is 143 cm³/mol. The third kappa shape index (κ3) is 3.47. The molecule has 0 aliphatic carbocycles. The number of hydrogen-bond acceptors (Lipinski definition) is 4. The molecule has 32 heavy (non-hydrogen) atoms. The van der Waals surface area contributed by atoms with E-state index in [-0.39, 0.29) is 0 Å². The van der Waals surface area contributed by atoms with Gasteiger partial charge in [-0.2, -0.15) is 0 Å². The highest BCUT2D eigenvalue weighted by atomic mass is 28.3. The minimum atomic E-state index is -1.98. The summed E-state index contributed by atoms with van der Waals surface area (Å²) in [6.07, 6.45) is 2.00. The molecule has 2 aliphatic rings. The molecule has 0 amide bonds. The second-order valence-electron chi connectivity index (χ2n) is 9.91. The summed E-state index contributed by atoms with van der Waals surface area (Å²) in [5.74, 6) is 1.03. The molecule has 0 unspecified atom stereocenters. The lowest BCUT2D eigenvalue weighted by atomic mass is 9.95. The van der Waals surface area contributed by atoms with Gasteiger partial charge in [0.25, 0.3) is 0 Å². The first-order valence-corrected chi connectivity index (χ1v) is 14.2. The molecule has 5 nitrogen and oxygen atoms in total. The van der Waals surface area contributed by atoms with Crippen LogP contribution in [0.2, 0.25) is 13.1 Å². The molecule has 0 aromatic heterocycles. The van der Waals surface area contributed by atoms with Crippen molar-refractivity contribution in [3.63, 3.8) is 0 Å². The van der Waals surface area contributed by atoms with Crippen LogP contribution in [-0.2, 0) is 0 Å². The zero-order chi connectivity index (χ0) is 23.4. The van der Waals surface area contributed by atoms with E-state index >= 15 is 0 Å². The van der Waals surface area contributed by atoms with Crippen LogP contribution in [0.1, 0.15) is 16.7 Å². The van der Waals surface area contributed by atoms with Crippen LogP contribution < -0.4 is 20.2 Å². The molecule has 6 heteroatoms. The fourth-order valence-corrected chi connectivity index (χ4v) is 7.89. The minimum Gasteiger partial charge on any atom is -0.378 e. The topological polar surface area (TPSA) is 25.1 Å². The smallest absolute Gasteiger partial charge is 0.378 e. The Balaban J connectivity index is 2.10. The molecule has 0 fully saturated rings. The fraction of sp³-hybridized carbons (Fsp3) is 0.385. The minimum absolute atomic E-state index is 0.996. The van der Waals surface area contributed by atoms with E-state index in [0.29, 0.717) is 0 Å². The van der Waals surface area contributed by atoms with Gasteiger partial charge in [0.2, 0.25) is 0 Å². The van der Waals surface area contributed by atoms with Gasteiger partial charge in [0, 0.05) is 50.7 Å². The van der Waals surface area contributed by atoms with Gasteiger partial charge >= 0.3 is 5.96 Å². The molecule has 0 saturated heterocycles. The van der Waals surface area contributed by atoms with Gasteiger partial charge in [-0.05, 0) is 46.3 Å². The van der Waals surface area contributed by atoms with Crippen LogP contribution in [0.15, 0.2) is 41.9 Å². The number of anilines is 2. The average Bonchev–Trinajstić information content (AvgIpc) is 3.07. The van der Waals surface area contributed by atoms with Crippen molar-refractivity contribution >= 4 is 47.6 Å². The molecule has 0 atom stereocenters. The summed E-state index contributed by atoms with van der Waals surface area (Å²) < 4.78 is 2.25. The number of nitrogens with zero attached hydrogens (tertiary/aromatic N) is 5. The summed E-state index contributed by atoms with van der Waals surface area (Å²) in [6, 6.07) is 11.5. The van der Waals surface area contributed by atoms with Crippen molar-refractivity contribution in [2.24, 2.45) is 4.99 Å². The van der Waals surface area contributed by atoms with Crippen LogP contribution in [0.25, 0.3) is 6.08 Å². The molecular formula is C26H36N5Si+. The van der Waals surface area contributed by atoms with Gasteiger partial charge in [-0.25, -0.2) is 0 Å². The Kier molecular flexibility index (Phi) is 5.53. The second-order valence-corrected chi connectivity index (χ2v) is 14.2. The van der Waals surface area contributed by atoms with E-state index in [4.69, 9.17) is 4.99 Å². The quantitative estimate of drug-likeness (QED) is 0.535. The third-order valence-electron chi connectivity index (χ3n) is 6.91. The van der Waals surface area contributed by atoms with E-state index in [1.165, 1.54) is 32.9 Å². The zero-order valence-corrected chi connectivity index (χ0v) is 21.8. The maximum Gasteiger partial charge on any atom is 0.389 e. The van der Waals surface area contributed by atoms with Crippen molar-refractivity contribution < 1.29 is 4.58 Å². The van der Waals surface area contributed by atoms with Crippen molar-refractivity contribution in [2.45, 2.75) is 13.1 Å². The first-order chi connectivity index (χ1) is 15.1. The zero-order valence-electron chi connectivity index (χ0n) is 20.8. The monoisotopic (exact) mass is 446 g/mol. The molecule has 0 saturated carbocycles. The average molecular weight is 447 g/mol. The molecule has 0 bridgehead atoms. The standard InChI is InChI=1S/C26H36N5Si/c1-10-18-15-20(29(4)5)17-23-24(18)25(27-26-30(6)13-14-31(26)7)21-12-11-19(28(2)3)16-22(21)32(23,8)9/h10-12,15-17H,1,13-14H2,2-9H3/q+1. The van der Waals surface area contributed by atoms with Crippen molar-refractivity contribution in [2.75, 3.05) is 65.2 Å². The largest absolute Gasteiger partial charge is 0.389 e. The summed E-state index contributed by atoms with van der Waals surface area (Å²) >= 11 is 0. The number of aliphatic imine (C=N–C) groups is 1. The molecule has 0 radical (unpaired) electrons. The number of hydrogen-bond donors (Lipinski definition) is 0. The van der Waals surface area contributed by atoms with Gasteiger partial charge in [-0.15, -0.1) is 0 Å². The van der Waals surface area contributed by atoms with Crippen LogP contribution in [0.3, 0.4) is 0 Å². The van der Waals surface area contributed by atoms with E-state index in [1.807, 2.05) is 6.08 Å². The highest BCUT2D eigenvalue weighted by Gasteiger charge is 2.41. The normalized spacial score (nSPS) is 18.0. The number of guanidine groups is 1. The van der Waals surface area contributed by atoms with Gasteiger partial charge in [0.05, 0.1) is 27.2 Å². The molecule has 0 spiro atoms. The van der Waals surface area contributed by atoms with Crippen molar-refractivity contribution in [3.05, 3.63) is 53.6 Å². The Hall–Kier alpha value is -2.86. The van der Waals surface area contributed by atoms with Crippen LogP contribution >= 0.6 is 0 Å². The Labute approximate surface area is 194 Å².